The lowest BCUT2D eigenvalue weighted by molar-refractivity contribution is 0.0702. The van der Waals surface area contributed by atoms with E-state index in [-0.39, 0.29) is 23.4 Å². The van der Waals surface area contributed by atoms with Gasteiger partial charge < -0.3 is 19.9 Å². The second-order valence-electron chi connectivity index (χ2n) is 5.28. The number of carboxylic acids is 1. The van der Waals surface area contributed by atoms with Gasteiger partial charge in [-0.2, -0.15) is 0 Å². The molecule has 7 heteroatoms. The van der Waals surface area contributed by atoms with Crippen molar-refractivity contribution in [1.82, 2.24) is 5.32 Å². The zero-order chi connectivity index (χ0) is 17.7. The summed E-state index contributed by atoms with van der Waals surface area (Å²) in [5.41, 5.74) is 0.402. The van der Waals surface area contributed by atoms with Crippen LogP contribution in [0.15, 0.2) is 30.3 Å². The highest BCUT2D eigenvalue weighted by Gasteiger charge is 2.15. The number of ether oxygens (including phenoxy) is 2. The second-order valence-corrected chi connectivity index (χ2v) is 6.45. The summed E-state index contributed by atoms with van der Waals surface area (Å²) in [5, 5.41) is 11.7. The van der Waals surface area contributed by atoms with Crippen LogP contribution in [0.2, 0.25) is 0 Å². The summed E-state index contributed by atoms with van der Waals surface area (Å²) in [6.45, 7) is 4.00. The average Bonchev–Trinajstić information content (AvgIpc) is 3.01. The first kappa shape index (κ1) is 17.8. The zero-order valence-corrected chi connectivity index (χ0v) is 14.5. The third-order valence-electron chi connectivity index (χ3n) is 3.09. The summed E-state index contributed by atoms with van der Waals surface area (Å²) in [5.74, 6) is -0.218. The number of benzene rings is 1. The minimum Gasteiger partial charge on any atom is -0.497 e. The molecule has 1 aromatic carbocycles. The van der Waals surface area contributed by atoms with E-state index in [4.69, 9.17) is 14.6 Å². The maximum Gasteiger partial charge on any atom is 0.345 e. The molecular weight excluding hydrogens is 330 g/mol. The predicted molar refractivity (Wildman–Crippen MR) is 91.2 cm³/mol. The third kappa shape index (κ3) is 4.48. The van der Waals surface area contributed by atoms with Gasteiger partial charge in [0.05, 0.1) is 25.3 Å². The van der Waals surface area contributed by atoms with Gasteiger partial charge in [-0.15, -0.1) is 11.3 Å². The molecule has 1 aromatic heterocycles. The molecular formula is C17H19NO5S. The molecule has 128 valence electrons. The van der Waals surface area contributed by atoms with Gasteiger partial charge in [0.2, 0.25) is 0 Å². The lowest BCUT2D eigenvalue weighted by Gasteiger charge is -2.15. The molecule has 0 aliphatic heterocycles. The fraction of sp³-hybridized carbons (Fsp3) is 0.294. The van der Waals surface area contributed by atoms with Crippen LogP contribution < -0.4 is 14.8 Å². The highest BCUT2D eigenvalue weighted by atomic mass is 32.1. The molecule has 0 bridgehead atoms. The Hall–Kier alpha value is -2.54. The lowest BCUT2D eigenvalue weighted by Crippen LogP contribution is -2.23. The van der Waals surface area contributed by atoms with Crippen LogP contribution in [0.3, 0.4) is 0 Å². The Morgan fingerprint density at radius 2 is 2.00 bits per heavy atom. The molecule has 2 N–H and O–H groups in total. The molecule has 2 aromatic rings. The van der Waals surface area contributed by atoms with Crippen molar-refractivity contribution in [1.29, 1.82) is 0 Å². The lowest BCUT2D eigenvalue weighted by atomic mass is 10.1. The Morgan fingerprint density at radius 3 is 2.58 bits per heavy atom. The van der Waals surface area contributed by atoms with Gasteiger partial charge in [0, 0.05) is 10.9 Å². The van der Waals surface area contributed by atoms with Crippen molar-refractivity contribution in [2.45, 2.75) is 26.5 Å². The van der Waals surface area contributed by atoms with E-state index in [9.17, 15) is 9.59 Å². The minimum absolute atomic E-state index is 0.0842. The van der Waals surface area contributed by atoms with Gasteiger partial charge in [0.15, 0.2) is 0 Å². The van der Waals surface area contributed by atoms with E-state index < -0.39 is 5.97 Å². The zero-order valence-electron chi connectivity index (χ0n) is 13.7. The van der Waals surface area contributed by atoms with Crippen LogP contribution in [-0.4, -0.2) is 30.2 Å². The fourth-order valence-electron chi connectivity index (χ4n) is 2.02. The molecule has 0 fully saturated rings. The number of hydrogen-bond acceptors (Lipinski definition) is 5. The quantitative estimate of drug-likeness (QED) is 0.802. The van der Waals surface area contributed by atoms with Gasteiger partial charge in [-0.05, 0) is 38.1 Å². The number of aromatic carboxylic acids is 1. The first-order valence-electron chi connectivity index (χ1n) is 7.35. The SMILES string of the molecule is COc1ccc(C(=O)NCc2ccc(C(=O)O)s2)c(OC(C)C)c1. The standard InChI is InChI=1S/C17H19NO5S/c1-10(2)23-14-8-11(22-3)4-6-13(14)16(19)18-9-12-5-7-15(24-12)17(20)21/h4-8,10H,9H2,1-3H3,(H,18,19)(H,20,21). The molecule has 2 rings (SSSR count). The predicted octanol–water partition coefficient (Wildman–Crippen LogP) is 3.17. The van der Waals surface area contributed by atoms with Crippen LogP contribution >= 0.6 is 11.3 Å². The van der Waals surface area contributed by atoms with Crippen molar-refractivity contribution in [2.24, 2.45) is 0 Å². The number of nitrogens with one attached hydrogen (secondary N) is 1. The maximum atomic E-state index is 12.4. The van der Waals surface area contributed by atoms with Crippen molar-refractivity contribution < 1.29 is 24.2 Å². The molecule has 6 nitrogen and oxygen atoms in total. The largest absolute Gasteiger partial charge is 0.497 e. The average molecular weight is 349 g/mol. The fourth-order valence-corrected chi connectivity index (χ4v) is 2.81. The van der Waals surface area contributed by atoms with Crippen LogP contribution in [0.4, 0.5) is 0 Å². The summed E-state index contributed by atoms with van der Waals surface area (Å²) in [7, 11) is 1.55. The number of thiophene rings is 1. The van der Waals surface area contributed by atoms with Gasteiger partial charge in [0.1, 0.15) is 16.4 Å². The Bertz CT molecular complexity index is 738. The van der Waals surface area contributed by atoms with Gasteiger partial charge in [-0.25, -0.2) is 4.79 Å². The van der Waals surface area contributed by atoms with Gasteiger partial charge in [-0.3, -0.25) is 4.79 Å². The van der Waals surface area contributed by atoms with Gasteiger partial charge in [-0.1, -0.05) is 0 Å². The van der Waals surface area contributed by atoms with Crippen LogP contribution in [-0.2, 0) is 6.54 Å². The highest BCUT2D eigenvalue weighted by Crippen LogP contribution is 2.26. The van der Waals surface area contributed by atoms with Crippen molar-refractivity contribution in [3.8, 4) is 11.5 Å². The number of methoxy groups -OCH3 is 1. The molecule has 1 amide bonds. The second kappa shape index (κ2) is 7.83. The Labute approximate surface area is 144 Å². The summed E-state index contributed by atoms with van der Waals surface area (Å²) in [4.78, 5) is 24.3. The smallest absolute Gasteiger partial charge is 0.345 e. The third-order valence-corrected chi connectivity index (χ3v) is 4.16. The molecule has 0 unspecified atom stereocenters. The van der Waals surface area contributed by atoms with Crippen molar-refractivity contribution in [3.05, 3.63) is 45.6 Å². The summed E-state index contributed by atoms with van der Waals surface area (Å²) >= 11 is 1.13. The molecule has 0 radical (unpaired) electrons. The van der Waals surface area contributed by atoms with Gasteiger partial charge in [0.25, 0.3) is 5.91 Å². The Morgan fingerprint density at radius 1 is 1.25 bits per heavy atom. The van der Waals surface area contributed by atoms with E-state index in [1.807, 2.05) is 13.8 Å². The van der Waals surface area contributed by atoms with Crippen molar-refractivity contribution in [3.63, 3.8) is 0 Å². The van der Waals surface area contributed by atoms with E-state index in [0.717, 1.165) is 16.2 Å². The molecule has 0 saturated heterocycles. The van der Waals surface area contributed by atoms with Gasteiger partial charge >= 0.3 is 5.97 Å². The summed E-state index contributed by atoms with van der Waals surface area (Å²) in [6.07, 6.45) is -0.0842. The normalized spacial score (nSPS) is 10.5. The molecule has 0 spiro atoms. The molecule has 24 heavy (non-hydrogen) atoms. The maximum absolute atomic E-state index is 12.4. The van der Waals surface area contributed by atoms with Crippen LogP contribution in [0.25, 0.3) is 0 Å². The number of carbonyl (C=O) groups is 2. The number of hydrogen-bond donors (Lipinski definition) is 2. The van der Waals surface area contributed by atoms with Crippen molar-refractivity contribution in [2.75, 3.05) is 7.11 Å². The van der Waals surface area contributed by atoms with E-state index in [2.05, 4.69) is 5.32 Å². The van der Waals surface area contributed by atoms with Crippen LogP contribution in [0, 0.1) is 0 Å². The molecule has 0 atom stereocenters. The molecule has 1 heterocycles. The number of carbonyl (C=O) groups excluding carboxylic acids is 1. The Balaban J connectivity index is 2.11. The molecule has 0 saturated carbocycles. The molecule has 0 aliphatic rings. The van der Waals surface area contributed by atoms with E-state index in [1.165, 1.54) is 6.07 Å². The summed E-state index contributed by atoms with van der Waals surface area (Å²) < 4.78 is 10.8. The monoisotopic (exact) mass is 349 g/mol. The first-order chi connectivity index (χ1) is 11.4. The van der Waals surface area contributed by atoms with E-state index in [1.54, 1.807) is 31.4 Å². The minimum atomic E-state index is -0.972. The number of amides is 1. The first-order valence-corrected chi connectivity index (χ1v) is 8.17. The van der Waals surface area contributed by atoms with Crippen LogP contribution in [0.5, 0.6) is 11.5 Å². The van der Waals surface area contributed by atoms with Crippen molar-refractivity contribution >= 4 is 23.2 Å². The summed E-state index contributed by atoms with van der Waals surface area (Å²) in [6, 6.07) is 8.21. The topological polar surface area (TPSA) is 84.9 Å². The van der Waals surface area contributed by atoms with E-state index >= 15 is 0 Å². The number of carboxylic acid groups (broad SMARTS) is 1. The molecule has 0 aliphatic carbocycles. The number of rotatable bonds is 7. The Kier molecular flexibility index (Phi) is 5.81. The van der Waals surface area contributed by atoms with Crippen LogP contribution in [0.1, 0.15) is 38.8 Å². The highest BCUT2D eigenvalue weighted by molar-refractivity contribution is 7.13. The van der Waals surface area contributed by atoms with E-state index in [0.29, 0.717) is 17.1 Å².